The molecule has 4 atom stereocenters. The largest absolute Gasteiger partial charge is 0.493 e. The summed E-state index contributed by atoms with van der Waals surface area (Å²) >= 11 is 0. The van der Waals surface area contributed by atoms with Gasteiger partial charge in [0.05, 0.1) is 32.3 Å². The lowest BCUT2D eigenvalue weighted by Crippen LogP contribution is -2.69. The van der Waals surface area contributed by atoms with Crippen molar-refractivity contribution >= 4 is 32.3 Å². The number of ether oxygens (including phenoxy) is 2. The molecule has 0 saturated carbocycles. The molecule has 1 aromatic carbocycles. The van der Waals surface area contributed by atoms with E-state index in [1.54, 1.807) is 12.1 Å². The van der Waals surface area contributed by atoms with Crippen molar-refractivity contribution in [1.29, 1.82) is 0 Å². The second-order valence-electron chi connectivity index (χ2n) is 10.7. The summed E-state index contributed by atoms with van der Waals surface area (Å²) in [6.07, 6.45) is 0.510. The number of amides is 1. The molecule has 0 unspecified atom stereocenters. The van der Waals surface area contributed by atoms with Gasteiger partial charge < -0.3 is 18.7 Å². The fourth-order valence-electron chi connectivity index (χ4n) is 4.66. The number of hydrogen-bond donors (Lipinski definition) is 0. The minimum absolute atomic E-state index is 0.00234. The molecule has 1 fully saturated rings. The van der Waals surface area contributed by atoms with Crippen molar-refractivity contribution in [3.63, 3.8) is 0 Å². The number of carbonyl (C=O) groups is 4. The Balaban J connectivity index is 1.96. The molecule has 0 spiro atoms. The molecule has 0 radical (unpaired) electrons. The van der Waals surface area contributed by atoms with Crippen LogP contribution in [0.4, 0.5) is 0 Å². The Morgan fingerprint density at radius 3 is 2.29 bits per heavy atom. The highest BCUT2D eigenvalue weighted by Crippen LogP contribution is 2.45. The lowest BCUT2D eigenvalue weighted by molar-refractivity contribution is -0.247. The Bertz CT molecular complexity index is 1030. The van der Waals surface area contributed by atoms with E-state index in [1.165, 1.54) is 14.2 Å². The van der Waals surface area contributed by atoms with Crippen LogP contribution >= 0.6 is 0 Å². The van der Waals surface area contributed by atoms with E-state index in [-0.39, 0.29) is 17.1 Å². The number of aldehydes is 1. The van der Waals surface area contributed by atoms with Gasteiger partial charge in [0.15, 0.2) is 25.6 Å². The summed E-state index contributed by atoms with van der Waals surface area (Å²) in [5.74, 6) is -2.18. The molecule has 1 aliphatic carbocycles. The first-order valence-electron chi connectivity index (χ1n) is 11.7. The standard InChI is InChI=1S/C25H35NO8Si/c1-14(34-35(7,8)25(2,3)4)21-22(26(24(21)30)33-20(28)13-27)16-10-9-15-11-18(31-5)19(32-6)12-17(15)23(16)29/h11-14,16,21-22H,9-10H2,1-8H3/t14-,16-,21-,22-/m1/s1. The molecular formula is C25H35NO8Si. The van der Waals surface area contributed by atoms with Gasteiger partial charge in [-0.25, -0.2) is 4.79 Å². The fraction of sp³-hybridized carbons (Fsp3) is 0.600. The number of hydroxylamine groups is 2. The normalized spacial score (nSPS) is 23.2. The lowest BCUT2D eigenvalue weighted by atomic mass is 9.70. The molecule has 0 aromatic heterocycles. The van der Waals surface area contributed by atoms with E-state index in [0.717, 1.165) is 10.6 Å². The van der Waals surface area contributed by atoms with Crippen molar-refractivity contribution in [2.75, 3.05) is 14.2 Å². The molecule has 2 aliphatic rings. The van der Waals surface area contributed by atoms with Crippen molar-refractivity contribution in [2.45, 2.75) is 70.8 Å². The molecule has 9 nitrogen and oxygen atoms in total. The van der Waals surface area contributed by atoms with E-state index in [0.29, 0.717) is 29.9 Å². The van der Waals surface area contributed by atoms with Crippen LogP contribution in [0, 0.1) is 11.8 Å². The van der Waals surface area contributed by atoms with E-state index < -0.39 is 44.2 Å². The summed E-state index contributed by atoms with van der Waals surface area (Å²) in [6, 6.07) is 2.70. The van der Waals surface area contributed by atoms with Gasteiger partial charge in [-0.1, -0.05) is 20.8 Å². The summed E-state index contributed by atoms with van der Waals surface area (Å²) in [5.41, 5.74) is 1.31. The first kappa shape index (κ1) is 26.9. The number of Topliss-reactive ketones (excluding diaryl/α,β-unsaturated/α-hetero) is 1. The SMILES string of the molecule is COc1cc2c(cc1OC)C(=O)[C@@H]([C@@H]1[C@@H]([C@@H](C)O[Si](C)(C)C(C)(C)C)C(=O)N1OC(=O)C=O)CC2. The van der Waals surface area contributed by atoms with Crippen molar-refractivity contribution in [2.24, 2.45) is 11.8 Å². The third kappa shape index (κ3) is 4.86. The van der Waals surface area contributed by atoms with Gasteiger partial charge in [-0.15, -0.1) is 0 Å². The summed E-state index contributed by atoms with van der Waals surface area (Å²) in [7, 11) is 0.799. The van der Waals surface area contributed by atoms with Gasteiger partial charge >= 0.3 is 5.97 Å². The zero-order valence-electron chi connectivity index (χ0n) is 21.7. The second-order valence-corrected chi connectivity index (χ2v) is 15.4. The maximum atomic E-state index is 13.7. The molecule has 35 heavy (non-hydrogen) atoms. The lowest BCUT2D eigenvalue weighted by Gasteiger charge is -2.51. The number of carbonyl (C=O) groups excluding carboxylic acids is 4. The minimum Gasteiger partial charge on any atom is -0.493 e. The van der Waals surface area contributed by atoms with Crippen molar-refractivity contribution in [1.82, 2.24) is 5.06 Å². The van der Waals surface area contributed by atoms with E-state index >= 15 is 0 Å². The van der Waals surface area contributed by atoms with Crippen LogP contribution in [0.1, 0.15) is 50.0 Å². The summed E-state index contributed by atoms with van der Waals surface area (Å²) in [4.78, 5) is 54.5. The van der Waals surface area contributed by atoms with Gasteiger partial charge in [0, 0.05) is 11.5 Å². The third-order valence-corrected chi connectivity index (χ3v) is 12.1. The van der Waals surface area contributed by atoms with Gasteiger partial charge in [-0.2, -0.15) is 5.06 Å². The molecule has 1 amide bonds. The monoisotopic (exact) mass is 505 g/mol. The van der Waals surface area contributed by atoms with Gasteiger partial charge in [0.2, 0.25) is 6.29 Å². The Kier molecular flexibility index (Phi) is 7.47. The average molecular weight is 506 g/mol. The number of rotatable bonds is 8. The van der Waals surface area contributed by atoms with Crippen molar-refractivity contribution in [3.8, 4) is 11.5 Å². The highest BCUT2D eigenvalue weighted by atomic mass is 28.4. The quantitative estimate of drug-likeness (QED) is 0.229. The number of aryl methyl sites for hydroxylation is 1. The van der Waals surface area contributed by atoms with Crippen LogP contribution < -0.4 is 9.47 Å². The second kappa shape index (κ2) is 9.73. The molecule has 1 saturated heterocycles. The number of ketones is 1. The van der Waals surface area contributed by atoms with Crippen molar-refractivity contribution < 1.29 is 37.9 Å². The van der Waals surface area contributed by atoms with Crippen LogP contribution in [-0.2, 0) is 30.1 Å². The first-order chi connectivity index (χ1) is 16.3. The van der Waals surface area contributed by atoms with Crippen LogP contribution in [-0.4, -0.2) is 63.7 Å². The molecule has 1 aromatic rings. The topological polar surface area (TPSA) is 108 Å². The first-order valence-corrected chi connectivity index (χ1v) is 14.6. The maximum absolute atomic E-state index is 13.7. The van der Waals surface area contributed by atoms with Crippen LogP contribution in [0.15, 0.2) is 12.1 Å². The Labute approximate surface area is 207 Å². The number of hydrogen-bond acceptors (Lipinski definition) is 8. The van der Waals surface area contributed by atoms with Gasteiger partial charge in [-0.05, 0) is 55.6 Å². The van der Waals surface area contributed by atoms with Crippen LogP contribution in [0.2, 0.25) is 18.1 Å². The molecule has 0 N–H and O–H groups in total. The highest BCUT2D eigenvalue weighted by Gasteiger charge is 2.59. The van der Waals surface area contributed by atoms with Crippen LogP contribution in [0.3, 0.4) is 0 Å². The molecular weight excluding hydrogens is 470 g/mol. The summed E-state index contributed by atoms with van der Waals surface area (Å²) < 4.78 is 17.2. The fourth-order valence-corrected chi connectivity index (χ4v) is 6.09. The predicted octanol–water partition coefficient (Wildman–Crippen LogP) is 3.34. The zero-order valence-corrected chi connectivity index (χ0v) is 22.7. The average Bonchev–Trinajstić information content (AvgIpc) is 2.79. The van der Waals surface area contributed by atoms with E-state index in [1.807, 2.05) is 6.92 Å². The maximum Gasteiger partial charge on any atom is 0.395 e. The number of methoxy groups -OCH3 is 2. The molecule has 0 bridgehead atoms. The van der Waals surface area contributed by atoms with Crippen LogP contribution in [0.25, 0.3) is 0 Å². The molecule has 1 aliphatic heterocycles. The van der Waals surface area contributed by atoms with E-state index in [4.69, 9.17) is 18.7 Å². The van der Waals surface area contributed by atoms with Gasteiger partial charge in [-0.3, -0.25) is 14.4 Å². The van der Waals surface area contributed by atoms with E-state index in [2.05, 4.69) is 33.9 Å². The summed E-state index contributed by atoms with van der Waals surface area (Å²) in [6.45, 7) is 12.3. The highest BCUT2D eigenvalue weighted by molar-refractivity contribution is 6.74. The van der Waals surface area contributed by atoms with Gasteiger partial charge in [0.1, 0.15) is 0 Å². The zero-order chi connectivity index (χ0) is 26.3. The van der Waals surface area contributed by atoms with E-state index in [9.17, 15) is 19.2 Å². The Hall–Kier alpha value is -2.72. The Morgan fingerprint density at radius 1 is 1.14 bits per heavy atom. The molecule has 10 heteroatoms. The molecule has 192 valence electrons. The third-order valence-electron chi connectivity index (χ3n) is 7.57. The summed E-state index contributed by atoms with van der Waals surface area (Å²) in [5, 5.41) is 0.809. The Morgan fingerprint density at radius 2 is 1.74 bits per heavy atom. The predicted molar refractivity (Wildman–Crippen MR) is 130 cm³/mol. The molecule has 3 rings (SSSR count). The number of nitrogens with zero attached hydrogens (tertiary/aromatic N) is 1. The van der Waals surface area contributed by atoms with Crippen molar-refractivity contribution in [3.05, 3.63) is 23.3 Å². The number of β-lactam (4-membered cyclic amide) rings is 1. The number of fused-ring (bicyclic) bond motifs is 1. The van der Waals surface area contributed by atoms with Gasteiger partial charge in [0.25, 0.3) is 5.91 Å². The molecule has 1 heterocycles. The van der Waals surface area contributed by atoms with Crippen LogP contribution in [0.5, 0.6) is 11.5 Å². The minimum atomic E-state index is -2.23. The number of benzene rings is 1. The smallest absolute Gasteiger partial charge is 0.395 e.